The van der Waals surface area contributed by atoms with Crippen molar-refractivity contribution in [3.63, 3.8) is 0 Å². The monoisotopic (exact) mass is 337 g/mol. The normalized spacial score (nSPS) is 14.7. The molecule has 0 aliphatic rings. The molecule has 1 aromatic carbocycles. The third-order valence-corrected chi connectivity index (χ3v) is 4.94. The summed E-state index contributed by atoms with van der Waals surface area (Å²) < 4.78 is 44.9. The number of thioether (sulfide) groups is 1. The highest BCUT2D eigenvalue weighted by Gasteiger charge is 2.26. The molecule has 2 N–H and O–H groups in total. The summed E-state index contributed by atoms with van der Waals surface area (Å²) in [5.74, 6) is 0.0795. The van der Waals surface area contributed by atoms with Crippen LogP contribution in [0, 0.1) is 5.82 Å². The SMILES string of the molecule is COc1ccc(F)cc1S(=O)(=O)NC[C@@](C)(O)CCSC. The van der Waals surface area contributed by atoms with E-state index in [2.05, 4.69) is 4.72 Å². The second kappa shape index (κ2) is 7.44. The van der Waals surface area contributed by atoms with E-state index in [-0.39, 0.29) is 17.2 Å². The first-order valence-electron chi connectivity index (χ1n) is 6.26. The smallest absolute Gasteiger partial charge is 0.244 e. The molecule has 0 amide bonds. The van der Waals surface area contributed by atoms with Crippen molar-refractivity contribution in [3.05, 3.63) is 24.0 Å². The molecule has 0 aromatic heterocycles. The van der Waals surface area contributed by atoms with Gasteiger partial charge in [-0.1, -0.05) is 0 Å². The van der Waals surface area contributed by atoms with Crippen molar-refractivity contribution in [1.82, 2.24) is 4.72 Å². The first kappa shape index (κ1) is 18.2. The number of rotatable bonds is 8. The van der Waals surface area contributed by atoms with Crippen molar-refractivity contribution in [1.29, 1.82) is 0 Å². The average molecular weight is 337 g/mol. The molecule has 21 heavy (non-hydrogen) atoms. The van der Waals surface area contributed by atoms with Crippen LogP contribution in [0.5, 0.6) is 5.75 Å². The predicted molar refractivity (Wildman–Crippen MR) is 81.8 cm³/mol. The fourth-order valence-corrected chi connectivity index (χ4v) is 3.58. The van der Waals surface area contributed by atoms with Gasteiger partial charge in [0.05, 0.1) is 12.7 Å². The van der Waals surface area contributed by atoms with E-state index >= 15 is 0 Å². The Morgan fingerprint density at radius 1 is 1.48 bits per heavy atom. The maximum absolute atomic E-state index is 13.3. The van der Waals surface area contributed by atoms with Gasteiger partial charge in [0.1, 0.15) is 16.5 Å². The van der Waals surface area contributed by atoms with E-state index in [4.69, 9.17) is 4.74 Å². The number of hydrogen-bond acceptors (Lipinski definition) is 5. The van der Waals surface area contributed by atoms with Gasteiger partial charge in [0.15, 0.2) is 0 Å². The van der Waals surface area contributed by atoms with E-state index in [0.717, 1.165) is 12.1 Å². The van der Waals surface area contributed by atoms with Gasteiger partial charge in [0.2, 0.25) is 10.0 Å². The van der Waals surface area contributed by atoms with Crippen LogP contribution < -0.4 is 9.46 Å². The molecule has 0 fully saturated rings. The van der Waals surface area contributed by atoms with E-state index in [9.17, 15) is 17.9 Å². The highest BCUT2D eigenvalue weighted by molar-refractivity contribution is 7.98. The second-order valence-corrected chi connectivity index (χ2v) is 7.58. The summed E-state index contributed by atoms with van der Waals surface area (Å²) >= 11 is 1.56. The zero-order valence-corrected chi connectivity index (χ0v) is 13.9. The Bertz CT molecular complexity index is 576. The zero-order chi connectivity index (χ0) is 16.1. The molecule has 8 heteroatoms. The van der Waals surface area contributed by atoms with Crippen LogP contribution in [-0.4, -0.2) is 44.8 Å². The molecule has 0 aliphatic heterocycles. The van der Waals surface area contributed by atoms with Crippen LogP contribution in [0.1, 0.15) is 13.3 Å². The number of methoxy groups -OCH3 is 1. The Morgan fingerprint density at radius 2 is 2.14 bits per heavy atom. The minimum Gasteiger partial charge on any atom is -0.495 e. The van der Waals surface area contributed by atoms with Crippen molar-refractivity contribution in [2.75, 3.05) is 25.7 Å². The average Bonchev–Trinajstić information content (AvgIpc) is 2.43. The number of hydrogen-bond donors (Lipinski definition) is 2. The topological polar surface area (TPSA) is 75.6 Å². The number of nitrogens with one attached hydrogen (secondary N) is 1. The van der Waals surface area contributed by atoms with Crippen LogP contribution in [-0.2, 0) is 10.0 Å². The maximum Gasteiger partial charge on any atom is 0.244 e. The molecule has 0 radical (unpaired) electrons. The summed E-state index contributed by atoms with van der Waals surface area (Å²) in [7, 11) is -2.66. The maximum atomic E-state index is 13.3. The van der Waals surface area contributed by atoms with Gasteiger partial charge < -0.3 is 9.84 Å². The minimum atomic E-state index is -3.97. The van der Waals surface area contributed by atoms with Crippen LogP contribution in [0.2, 0.25) is 0 Å². The summed E-state index contributed by atoms with van der Waals surface area (Å²) in [5, 5.41) is 10.1. The summed E-state index contributed by atoms with van der Waals surface area (Å²) in [4.78, 5) is -0.286. The number of halogens is 1. The van der Waals surface area contributed by atoms with E-state index in [1.165, 1.54) is 13.2 Å². The zero-order valence-electron chi connectivity index (χ0n) is 12.2. The van der Waals surface area contributed by atoms with Gasteiger partial charge in [-0.05, 0) is 43.6 Å². The van der Waals surface area contributed by atoms with Gasteiger partial charge in [-0.3, -0.25) is 0 Å². The number of aliphatic hydroxyl groups is 1. The molecule has 1 rings (SSSR count). The van der Waals surface area contributed by atoms with E-state index < -0.39 is 21.4 Å². The molecular formula is C13H20FNO4S2. The van der Waals surface area contributed by atoms with Crippen molar-refractivity contribution in [2.45, 2.75) is 23.8 Å². The quantitative estimate of drug-likeness (QED) is 0.754. The van der Waals surface area contributed by atoms with E-state index in [1.807, 2.05) is 6.26 Å². The molecule has 0 bridgehead atoms. The lowest BCUT2D eigenvalue weighted by atomic mass is 10.1. The molecule has 1 atom stereocenters. The van der Waals surface area contributed by atoms with Gasteiger partial charge in [-0.2, -0.15) is 11.8 Å². The lowest BCUT2D eigenvalue weighted by Gasteiger charge is -2.23. The highest BCUT2D eigenvalue weighted by atomic mass is 32.2. The first-order valence-corrected chi connectivity index (χ1v) is 9.14. The third kappa shape index (κ3) is 5.46. The molecule has 0 spiro atoms. The van der Waals surface area contributed by atoms with Gasteiger partial charge in [0, 0.05) is 6.54 Å². The highest BCUT2D eigenvalue weighted by Crippen LogP contribution is 2.24. The Hall–Kier alpha value is -0.830. The Balaban J connectivity index is 2.90. The summed E-state index contributed by atoms with van der Waals surface area (Å²) in [6.07, 6.45) is 2.34. The first-order chi connectivity index (χ1) is 9.72. The molecule has 5 nitrogen and oxygen atoms in total. The van der Waals surface area contributed by atoms with E-state index in [0.29, 0.717) is 12.2 Å². The molecule has 0 unspecified atom stereocenters. The van der Waals surface area contributed by atoms with Gasteiger partial charge in [-0.15, -0.1) is 0 Å². The predicted octanol–water partition coefficient (Wildman–Crippen LogP) is 1.62. The van der Waals surface area contributed by atoms with Crippen LogP contribution >= 0.6 is 11.8 Å². The third-order valence-electron chi connectivity index (χ3n) is 2.90. The largest absolute Gasteiger partial charge is 0.495 e. The van der Waals surface area contributed by atoms with Crippen molar-refractivity contribution < 1.29 is 22.7 Å². The number of sulfonamides is 1. The lowest BCUT2D eigenvalue weighted by molar-refractivity contribution is 0.0626. The Morgan fingerprint density at radius 3 is 2.71 bits per heavy atom. The summed E-state index contributed by atoms with van der Waals surface area (Å²) in [6.45, 7) is 1.39. The standard InChI is InChI=1S/C13H20FNO4S2/c1-13(16,6-7-20-3)9-15-21(17,18)12-8-10(14)4-5-11(12)19-2/h4-5,8,15-16H,6-7,9H2,1-3H3/t13-/m0/s1. The van der Waals surface area contributed by atoms with Crippen molar-refractivity contribution >= 4 is 21.8 Å². The van der Waals surface area contributed by atoms with Crippen molar-refractivity contribution in [2.24, 2.45) is 0 Å². The van der Waals surface area contributed by atoms with Gasteiger partial charge in [0.25, 0.3) is 0 Å². The molecule has 0 heterocycles. The lowest BCUT2D eigenvalue weighted by Crippen LogP contribution is -2.41. The van der Waals surface area contributed by atoms with Crippen LogP contribution in [0.4, 0.5) is 4.39 Å². The molecule has 1 aromatic rings. The molecular weight excluding hydrogens is 317 g/mol. The fraction of sp³-hybridized carbons (Fsp3) is 0.538. The van der Waals surface area contributed by atoms with Gasteiger partial charge in [-0.25, -0.2) is 17.5 Å². The van der Waals surface area contributed by atoms with Crippen LogP contribution in [0.15, 0.2) is 23.1 Å². The number of benzene rings is 1. The van der Waals surface area contributed by atoms with Gasteiger partial charge >= 0.3 is 0 Å². The fourth-order valence-electron chi connectivity index (χ4n) is 1.60. The molecule has 0 saturated carbocycles. The van der Waals surface area contributed by atoms with E-state index in [1.54, 1.807) is 18.7 Å². The Kier molecular flexibility index (Phi) is 6.45. The molecule has 0 saturated heterocycles. The Labute approximate surface area is 128 Å². The molecule has 0 aliphatic carbocycles. The van der Waals surface area contributed by atoms with Crippen LogP contribution in [0.25, 0.3) is 0 Å². The minimum absolute atomic E-state index is 0.0488. The summed E-state index contributed by atoms with van der Waals surface area (Å²) in [5.41, 5.74) is -1.17. The van der Waals surface area contributed by atoms with Crippen molar-refractivity contribution in [3.8, 4) is 5.75 Å². The number of ether oxygens (including phenoxy) is 1. The van der Waals surface area contributed by atoms with Crippen LogP contribution in [0.3, 0.4) is 0 Å². The summed E-state index contributed by atoms with van der Waals surface area (Å²) in [6, 6.07) is 3.25. The molecule has 120 valence electrons. The second-order valence-electron chi connectivity index (χ2n) is 4.86.